The summed E-state index contributed by atoms with van der Waals surface area (Å²) in [5.41, 5.74) is 0.998. The molecule has 0 aliphatic heterocycles. The molecule has 78 valence electrons. The molecule has 0 aliphatic carbocycles. The first-order valence-corrected chi connectivity index (χ1v) is 4.58. The first kappa shape index (κ1) is 11.1. The summed E-state index contributed by atoms with van der Waals surface area (Å²) in [4.78, 5) is 17.2. The molecule has 0 radical (unpaired) electrons. The third kappa shape index (κ3) is 3.72. The lowest BCUT2D eigenvalue weighted by Crippen LogP contribution is -1.80. The predicted octanol–water partition coefficient (Wildman–Crippen LogP) is 1.81. The Morgan fingerprint density at radius 1 is 1.40 bits per heavy atom. The number of aromatic nitrogens is 2. The molecule has 0 bridgehead atoms. The van der Waals surface area contributed by atoms with Gasteiger partial charge in [0.2, 0.25) is 0 Å². The second kappa shape index (κ2) is 6.48. The standard InChI is InChI=1S/C8H6N2.C3H6O2/c1-2-4-8-7(3-1)5-9-6-10-8;1-2-5-3-4/h1-6H;3H,2H2,1H3. The van der Waals surface area contributed by atoms with Crippen LogP contribution in [0.25, 0.3) is 10.9 Å². The van der Waals surface area contributed by atoms with Crippen molar-refractivity contribution in [2.75, 3.05) is 6.61 Å². The highest BCUT2D eigenvalue weighted by molar-refractivity contribution is 5.76. The molecule has 1 heterocycles. The molecule has 0 amide bonds. The first-order valence-electron chi connectivity index (χ1n) is 4.58. The lowest BCUT2D eigenvalue weighted by Gasteiger charge is -1.90. The van der Waals surface area contributed by atoms with Crippen molar-refractivity contribution in [1.82, 2.24) is 9.97 Å². The fraction of sp³-hybridized carbons (Fsp3) is 0.182. The number of hydrogen-bond acceptors (Lipinski definition) is 4. The monoisotopic (exact) mass is 204 g/mol. The molecule has 0 fully saturated rings. The number of ether oxygens (including phenoxy) is 1. The molecule has 0 aliphatic rings. The Hall–Kier alpha value is -1.97. The van der Waals surface area contributed by atoms with Crippen LogP contribution in [0.2, 0.25) is 0 Å². The van der Waals surface area contributed by atoms with Crippen molar-refractivity contribution < 1.29 is 9.53 Å². The van der Waals surface area contributed by atoms with E-state index < -0.39 is 0 Å². The second-order valence-electron chi connectivity index (χ2n) is 2.63. The van der Waals surface area contributed by atoms with Gasteiger partial charge in [0.05, 0.1) is 12.1 Å². The fourth-order valence-corrected chi connectivity index (χ4v) is 0.991. The average molecular weight is 204 g/mol. The van der Waals surface area contributed by atoms with E-state index in [1.807, 2.05) is 30.5 Å². The largest absolute Gasteiger partial charge is 0.468 e. The predicted molar refractivity (Wildman–Crippen MR) is 57.2 cm³/mol. The third-order valence-corrected chi connectivity index (χ3v) is 1.65. The van der Waals surface area contributed by atoms with Crippen molar-refractivity contribution in [2.45, 2.75) is 6.92 Å². The Morgan fingerprint density at radius 3 is 2.80 bits per heavy atom. The van der Waals surface area contributed by atoms with Crippen molar-refractivity contribution in [2.24, 2.45) is 0 Å². The van der Waals surface area contributed by atoms with E-state index in [4.69, 9.17) is 0 Å². The zero-order valence-electron chi connectivity index (χ0n) is 8.46. The molecule has 15 heavy (non-hydrogen) atoms. The van der Waals surface area contributed by atoms with E-state index in [1.165, 1.54) is 0 Å². The summed E-state index contributed by atoms with van der Waals surface area (Å²) in [6.45, 7) is 2.66. The average Bonchev–Trinajstić information content (AvgIpc) is 2.31. The van der Waals surface area contributed by atoms with E-state index in [0.717, 1.165) is 10.9 Å². The Kier molecular flexibility index (Phi) is 4.80. The maximum absolute atomic E-state index is 9.18. The van der Waals surface area contributed by atoms with E-state index in [-0.39, 0.29) is 0 Å². The van der Waals surface area contributed by atoms with Gasteiger partial charge in [-0.3, -0.25) is 4.79 Å². The molecule has 4 nitrogen and oxygen atoms in total. The summed E-state index contributed by atoms with van der Waals surface area (Å²) >= 11 is 0. The van der Waals surface area contributed by atoms with Crippen LogP contribution in [0, 0.1) is 0 Å². The van der Waals surface area contributed by atoms with E-state index in [0.29, 0.717) is 13.1 Å². The molecule has 0 unspecified atom stereocenters. The zero-order chi connectivity index (χ0) is 10.9. The molecule has 2 aromatic rings. The highest BCUT2D eigenvalue weighted by Crippen LogP contribution is 2.06. The first-order chi connectivity index (χ1) is 7.38. The minimum absolute atomic E-state index is 0.431. The van der Waals surface area contributed by atoms with Crippen LogP contribution in [0.15, 0.2) is 36.8 Å². The molecule has 0 spiro atoms. The highest BCUT2D eigenvalue weighted by atomic mass is 16.5. The molecule has 0 saturated carbocycles. The summed E-state index contributed by atoms with van der Waals surface area (Å²) in [6.07, 6.45) is 3.37. The minimum atomic E-state index is 0.431. The molecular weight excluding hydrogens is 192 g/mol. The van der Waals surface area contributed by atoms with Crippen LogP contribution in [0.5, 0.6) is 0 Å². The van der Waals surface area contributed by atoms with E-state index in [1.54, 1.807) is 13.3 Å². The number of benzene rings is 1. The van der Waals surface area contributed by atoms with E-state index in [2.05, 4.69) is 14.7 Å². The minimum Gasteiger partial charge on any atom is -0.468 e. The Morgan fingerprint density at radius 2 is 2.20 bits per heavy atom. The van der Waals surface area contributed by atoms with Gasteiger partial charge in [0.1, 0.15) is 6.33 Å². The fourth-order valence-electron chi connectivity index (χ4n) is 0.991. The number of fused-ring (bicyclic) bond motifs is 1. The number of rotatable bonds is 2. The van der Waals surface area contributed by atoms with Crippen LogP contribution in [-0.2, 0) is 9.53 Å². The van der Waals surface area contributed by atoms with Crippen LogP contribution < -0.4 is 0 Å². The Labute approximate surface area is 87.9 Å². The Bertz CT molecular complexity index is 353. The summed E-state index contributed by atoms with van der Waals surface area (Å²) in [5, 5.41) is 1.09. The van der Waals surface area contributed by atoms with Crippen LogP contribution in [0.4, 0.5) is 0 Å². The zero-order valence-corrected chi connectivity index (χ0v) is 8.46. The van der Waals surface area contributed by atoms with E-state index >= 15 is 0 Å². The van der Waals surface area contributed by atoms with Crippen LogP contribution in [-0.4, -0.2) is 23.0 Å². The van der Waals surface area contributed by atoms with Gasteiger partial charge in [-0.25, -0.2) is 9.97 Å². The van der Waals surface area contributed by atoms with Gasteiger partial charge in [-0.15, -0.1) is 0 Å². The molecule has 0 saturated heterocycles. The van der Waals surface area contributed by atoms with Gasteiger partial charge in [0.15, 0.2) is 0 Å². The van der Waals surface area contributed by atoms with Crippen molar-refractivity contribution >= 4 is 17.4 Å². The van der Waals surface area contributed by atoms with Crippen LogP contribution in [0.1, 0.15) is 6.92 Å². The topological polar surface area (TPSA) is 52.1 Å². The molecule has 2 rings (SSSR count). The normalized spacial score (nSPS) is 8.87. The van der Waals surface area contributed by atoms with Gasteiger partial charge in [-0.05, 0) is 13.0 Å². The molecule has 0 atom stereocenters. The number of hydrogen-bond donors (Lipinski definition) is 0. The van der Waals surface area contributed by atoms with Crippen molar-refractivity contribution in [3.8, 4) is 0 Å². The molecular formula is C11H12N2O2. The quantitative estimate of drug-likeness (QED) is 0.700. The lowest BCUT2D eigenvalue weighted by atomic mass is 10.2. The number of carbonyl (C=O) groups is 1. The van der Waals surface area contributed by atoms with Crippen molar-refractivity contribution in [3.63, 3.8) is 0 Å². The Balaban J connectivity index is 0.000000195. The van der Waals surface area contributed by atoms with Gasteiger partial charge in [0, 0.05) is 11.6 Å². The molecule has 4 heteroatoms. The summed E-state index contributed by atoms with van der Waals surface area (Å²) in [6, 6.07) is 7.91. The second-order valence-corrected chi connectivity index (χ2v) is 2.63. The van der Waals surface area contributed by atoms with Gasteiger partial charge < -0.3 is 4.74 Å². The van der Waals surface area contributed by atoms with Crippen LogP contribution in [0.3, 0.4) is 0 Å². The molecule has 1 aromatic heterocycles. The lowest BCUT2D eigenvalue weighted by molar-refractivity contribution is -0.128. The van der Waals surface area contributed by atoms with E-state index in [9.17, 15) is 4.79 Å². The number of nitrogens with zero attached hydrogens (tertiary/aromatic N) is 2. The third-order valence-electron chi connectivity index (χ3n) is 1.65. The van der Waals surface area contributed by atoms with Gasteiger partial charge >= 0.3 is 0 Å². The molecule has 0 N–H and O–H groups in total. The summed E-state index contributed by atoms with van der Waals surface area (Å²) in [7, 11) is 0. The van der Waals surface area contributed by atoms with Crippen molar-refractivity contribution in [1.29, 1.82) is 0 Å². The summed E-state index contributed by atoms with van der Waals surface area (Å²) in [5.74, 6) is 0. The maximum atomic E-state index is 9.18. The summed E-state index contributed by atoms with van der Waals surface area (Å²) < 4.78 is 4.15. The van der Waals surface area contributed by atoms with Crippen LogP contribution >= 0.6 is 0 Å². The van der Waals surface area contributed by atoms with Gasteiger partial charge in [0.25, 0.3) is 6.47 Å². The van der Waals surface area contributed by atoms with Gasteiger partial charge in [-0.2, -0.15) is 0 Å². The maximum Gasteiger partial charge on any atom is 0.293 e. The number of para-hydroxylation sites is 1. The smallest absolute Gasteiger partial charge is 0.293 e. The SMILES string of the molecule is CCOC=O.c1ccc2ncncc2c1. The van der Waals surface area contributed by atoms with Crippen molar-refractivity contribution in [3.05, 3.63) is 36.8 Å². The van der Waals surface area contributed by atoms with Gasteiger partial charge in [-0.1, -0.05) is 18.2 Å². The molecule has 1 aromatic carbocycles. The highest BCUT2D eigenvalue weighted by Gasteiger charge is 1.87. The number of carbonyl (C=O) groups excluding carboxylic acids is 1.